The Hall–Kier alpha value is -1.94. The van der Waals surface area contributed by atoms with Crippen LogP contribution >= 0.6 is 15.6 Å². The SMILES string of the molecule is CCCCCCCCCCCCCCCCCCCCCC(=O)O[C@H](COC(=O)CCCCCCCCCCCCCCCCC)COP(=O)(O)OC[C@@H](O)COP(=O)(O)OC[C@@H](COC(=O)CCCCCCCCCCCC)OC(=O)CCCCCCCCCCCC. The summed E-state index contributed by atoms with van der Waals surface area (Å²) >= 11 is 0. The monoisotopic (exact) mass is 1380 g/mol. The van der Waals surface area contributed by atoms with Crippen LogP contribution in [0.5, 0.6) is 0 Å². The fraction of sp³-hybridized carbons (Fsp3) is 0.947. The van der Waals surface area contributed by atoms with Crippen LogP contribution in [0.3, 0.4) is 0 Å². The smallest absolute Gasteiger partial charge is 0.462 e. The number of phosphoric ester groups is 2. The first-order valence-electron chi connectivity index (χ1n) is 39.3. The molecular weight excluding hydrogens is 1230 g/mol. The molecule has 0 saturated carbocycles. The predicted molar refractivity (Wildman–Crippen MR) is 382 cm³/mol. The summed E-state index contributed by atoms with van der Waals surface area (Å²) in [5.74, 6) is -2.11. The molecule has 3 N–H and O–H groups in total. The molecule has 0 heterocycles. The van der Waals surface area contributed by atoms with Gasteiger partial charge >= 0.3 is 39.5 Å². The fourth-order valence-corrected chi connectivity index (χ4v) is 13.2. The van der Waals surface area contributed by atoms with E-state index >= 15 is 0 Å². The summed E-state index contributed by atoms with van der Waals surface area (Å²) in [6, 6.07) is 0. The van der Waals surface area contributed by atoms with Crippen LogP contribution in [0.15, 0.2) is 0 Å². The van der Waals surface area contributed by atoms with Crippen LogP contribution in [0.2, 0.25) is 0 Å². The van der Waals surface area contributed by atoms with Crippen molar-refractivity contribution in [3.63, 3.8) is 0 Å². The van der Waals surface area contributed by atoms with Crippen molar-refractivity contribution < 1.29 is 80.2 Å². The van der Waals surface area contributed by atoms with Gasteiger partial charge in [-0.1, -0.05) is 349 Å². The molecule has 0 aliphatic carbocycles. The van der Waals surface area contributed by atoms with E-state index in [-0.39, 0.29) is 25.7 Å². The first-order chi connectivity index (χ1) is 45.7. The first-order valence-corrected chi connectivity index (χ1v) is 42.3. The Morgan fingerprint density at radius 1 is 0.255 bits per heavy atom. The number of unbranched alkanes of at least 4 members (excludes halogenated alkanes) is 50. The number of carbonyl (C=O) groups is 4. The van der Waals surface area contributed by atoms with Crippen LogP contribution in [0, 0.1) is 0 Å². The maximum Gasteiger partial charge on any atom is 0.472 e. The van der Waals surface area contributed by atoms with Gasteiger partial charge in [-0.15, -0.1) is 0 Å². The largest absolute Gasteiger partial charge is 0.472 e. The Labute approximate surface area is 575 Å². The van der Waals surface area contributed by atoms with Gasteiger partial charge in [-0.3, -0.25) is 37.3 Å². The number of rotatable bonds is 76. The van der Waals surface area contributed by atoms with Crippen molar-refractivity contribution in [1.82, 2.24) is 0 Å². The molecule has 19 heteroatoms. The van der Waals surface area contributed by atoms with Crippen LogP contribution in [0.25, 0.3) is 0 Å². The van der Waals surface area contributed by atoms with Gasteiger partial charge in [-0.05, 0) is 25.7 Å². The molecule has 0 aliphatic rings. The van der Waals surface area contributed by atoms with Gasteiger partial charge in [-0.2, -0.15) is 0 Å². The lowest BCUT2D eigenvalue weighted by atomic mass is 10.0. The highest BCUT2D eigenvalue weighted by Crippen LogP contribution is 2.45. The number of hydrogen-bond acceptors (Lipinski definition) is 15. The Morgan fingerprint density at radius 3 is 0.628 bits per heavy atom. The molecule has 0 bridgehead atoms. The minimum Gasteiger partial charge on any atom is -0.462 e. The van der Waals surface area contributed by atoms with E-state index in [9.17, 15) is 43.2 Å². The molecular formula is C75H146O17P2. The molecule has 2 unspecified atom stereocenters. The Balaban J connectivity index is 5.20. The lowest BCUT2D eigenvalue weighted by Crippen LogP contribution is -2.30. The van der Waals surface area contributed by atoms with Crippen molar-refractivity contribution in [3.05, 3.63) is 0 Å². The van der Waals surface area contributed by atoms with Gasteiger partial charge in [0.15, 0.2) is 12.2 Å². The van der Waals surface area contributed by atoms with Gasteiger partial charge in [0.05, 0.1) is 26.4 Å². The summed E-state index contributed by atoms with van der Waals surface area (Å²) in [7, 11) is -9.90. The second-order valence-electron chi connectivity index (χ2n) is 27.0. The van der Waals surface area contributed by atoms with E-state index in [0.717, 1.165) is 89.9 Å². The normalized spacial score (nSPS) is 13.9. The Bertz CT molecular complexity index is 1790. The van der Waals surface area contributed by atoms with E-state index in [1.54, 1.807) is 0 Å². The molecule has 17 nitrogen and oxygen atoms in total. The van der Waals surface area contributed by atoms with Crippen molar-refractivity contribution in [2.24, 2.45) is 0 Å². The second kappa shape index (κ2) is 69.5. The van der Waals surface area contributed by atoms with Crippen LogP contribution in [-0.4, -0.2) is 96.7 Å². The minimum atomic E-state index is -4.95. The third kappa shape index (κ3) is 68.6. The van der Waals surface area contributed by atoms with Crippen molar-refractivity contribution in [2.75, 3.05) is 39.6 Å². The lowest BCUT2D eigenvalue weighted by molar-refractivity contribution is -0.161. The standard InChI is InChI=1S/C75H146O17P2/c1-5-9-13-17-21-25-29-31-33-34-35-36-38-40-42-46-50-54-58-62-75(80)92-71(66-86-73(78)60-56-52-48-45-41-39-37-32-30-26-22-18-14-10-6-2)68-90-94(83,84)88-64-69(76)63-87-93(81,82)89-67-70(91-74(79)61-57-53-49-44-28-24-20-16-12-8-4)65-85-72(77)59-55-51-47-43-27-23-19-15-11-7-3/h69-71,76H,5-68H2,1-4H3,(H,81,82)(H,83,84)/t69-,70+,71+/m0/s1. The summed E-state index contributed by atoms with van der Waals surface area (Å²) in [6.07, 6.45) is 59.6. The van der Waals surface area contributed by atoms with Gasteiger partial charge in [0, 0.05) is 25.7 Å². The van der Waals surface area contributed by atoms with E-state index in [1.807, 2.05) is 0 Å². The summed E-state index contributed by atoms with van der Waals surface area (Å²) in [5, 5.41) is 10.6. The average Bonchev–Trinajstić information content (AvgIpc) is 2.06. The zero-order chi connectivity index (χ0) is 69.0. The number of carbonyl (C=O) groups excluding carboxylic acids is 4. The molecule has 94 heavy (non-hydrogen) atoms. The third-order valence-corrected chi connectivity index (χ3v) is 19.5. The quantitative estimate of drug-likeness (QED) is 0.0222. The third-order valence-electron chi connectivity index (χ3n) is 17.6. The van der Waals surface area contributed by atoms with Crippen molar-refractivity contribution >= 4 is 39.5 Å². The molecule has 0 amide bonds. The number of esters is 4. The second-order valence-corrected chi connectivity index (χ2v) is 29.9. The van der Waals surface area contributed by atoms with Crippen molar-refractivity contribution in [1.29, 1.82) is 0 Å². The number of aliphatic hydroxyl groups is 1. The van der Waals surface area contributed by atoms with Gasteiger partial charge in [0.25, 0.3) is 0 Å². The topological polar surface area (TPSA) is 237 Å². The highest BCUT2D eigenvalue weighted by Gasteiger charge is 2.30. The Morgan fingerprint density at radius 2 is 0.426 bits per heavy atom. The van der Waals surface area contributed by atoms with Crippen LogP contribution < -0.4 is 0 Å². The first kappa shape index (κ1) is 92.1. The number of aliphatic hydroxyl groups excluding tert-OH is 1. The summed E-state index contributed by atoms with van der Waals surface area (Å²) in [4.78, 5) is 72.7. The zero-order valence-corrected chi connectivity index (χ0v) is 62.7. The van der Waals surface area contributed by atoms with Crippen molar-refractivity contribution in [2.45, 2.75) is 418 Å². The van der Waals surface area contributed by atoms with Crippen LogP contribution in [-0.2, 0) is 65.4 Å². The maximum atomic E-state index is 13.1. The van der Waals surface area contributed by atoms with E-state index in [2.05, 4.69) is 27.7 Å². The minimum absolute atomic E-state index is 0.107. The van der Waals surface area contributed by atoms with Gasteiger partial charge in [0.2, 0.25) is 0 Å². The van der Waals surface area contributed by atoms with Crippen molar-refractivity contribution in [3.8, 4) is 0 Å². The molecule has 0 fully saturated rings. The van der Waals surface area contributed by atoms with Crippen LogP contribution in [0.4, 0.5) is 0 Å². The van der Waals surface area contributed by atoms with Gasteiger partial charge in [0.1, 0.15) is 19.3 Å². The van der Waals surface area contributed by atoms with Gasteiger partial charge in [-0.25, -0.2) is 9.13 Å². The summed E-state index contributed by atoms with van der Waals surface area (Å²) in [6.45, 7) is 4.97. The molecule has 0 aromatic heterocycles. The highest BCUT2D eigenvalue weighted by atomic mass is 31.2. The molecule has 558 valence electrons. The highest BCUT2D eigenvalue weighted by molar-refractivity contribution is 7.47. The molecule has 0 aliphatic heterocycles. The fourth-order valence-electron chi connectivity index (χ4n) is 11.6. The van der Waals surface area contributed by atoms with E-state index < -0.39 is 97.5 Å². The molecule has 0 aromatic carbocycles. The van der Waals surface area contributed by atoms with Gasteiger partial charge < -0.3 is 33.8 Å². The predicted octanol–water partition coefficient (Wildman–Crippen LogP) is 22.2. The molecule has 0 rings (SSSR count). The number of phosphoric acid groups is 2. The summed E-state index contributed by atoms with van der Waals surface area (Å²) in [5.41, 5.74) is 0. The Kier molecular flexibility index (Phi) is 68.1. The van der Waals surface area contributed by atoms with E-state index in [0.29, 0.717) is 25.7 Å². The lowest BCUT2D eigenvalue weighted by Gasteiger charge is -2.21. The maximum absolute atomic E-state index is 13.1. The summed E-state index contributed by atoms with van der Waals surface area (Å²) < 4.78 is 68.4. The molecule has 0 spiro atoms. The van der Waals surface area contributed by atoms with Crippen LogP contribution in [0.1, 0.15) is 400 Å². The average molecular weight is 1380 g/mol. The molecule has 0 aromatic rings. The number of ether oxygens (including phenoxy) is 4. The zero-order valence-electron chi connectivity index (χ0n) is 60.9. The number of hydrogen-bond donors (Lipinski definition) is 3. The van der Waals surface area contributed by atoms with E-state index in [1.165, 1.54) is 231 Å². The molecule has 0 radical (unpaired) electrons. The molecule has 0 saturated heterocycles. The van der Waals surface area contributed by atoms with E-state index in [4.69, 9.17) is 37.0 Å². The molecule has 5 atom stereocenters.